The van der Waals surface area contributed by atoms with Gasteiger partial charge in [0.05, 0.1) is 12.9 Å². The van der Waals surface area contributed by atoms with Gasteiger partial charge in [-0.1, -0.05) is 41.9 Å². The second kappa shape index (κ2) is 10.5. The van der Waals surface area contributed by atoms with Crippen LogP contribution >= 0.6 is 11.6 Å². The smallest absolute Gasteiger partial charge is 0.229 e. The molecule has 0 aliphatic carbocycles. The van der Waals surface area contributed by atoms with Crippen molar-refractivity contribution >= 4 is 40.4 Å². The zero-order valence-corrected chi connectivity index (χ0v) is 20.7. The topological polar surface area (TPSA) is 79.2 Å². The lowest BCUT2D eigenvalue weighted by Gasteiger charge is -2.22. The predicted molar refractivity (Wildman–Crippen MR) is 139 cm³/mol. The lowest BCUT2D eigenvalue weighted by atomic mass is 10.2. The van der Waals surface area contributed by atoms with Gasteiger partial charge in [-0.05, 0) is 35.7 Å². The summed E-state index contributed by atoms with van der Waals surface area (Å²) in [7, 11) is 0. The van der Waals surface area contributed by atoms with Crippen LogP contribution in [0.15, 0.2) is 54.9 Å². The number of nitrogens with zero attached hydrogens (tertiary/aromatic N) is 6. The molecule has 4 aromatic rings. The summed E-state index contributed by atoms with van der Waals surface area (Å²) in [6, 6.07) is 14.1. The molecule has 1 N–H and O–H groups in total. The van der Waals surface area contributed by atoms with Gasteiger partial charge in [0.15, 0.2) is 17.0 Å². The molecule has 0 saturated carbocycles. The number of rotatable bonds is 6. The van der Waals surface area contributed by atoms with Crippen LogP contribution in [0.5, 0.6) is 0 Å². The van der Waals surface area contributed by atoms with E-state index in [-0.39, 0.29) is 11.7 Å². The van der Waals surface area contributed by atoms with Crippen LogP contribution in [0.4, 0.5) is 16.2 Å². The molecule has 3 heterocycles. The van der Waals surface area contributed by atoms with Gasteiger partial charge in [0, 0.05) is 44.7 Å². The quantitative estimate of drug-likeness (QED) is 0.418. The number of carbonyl (C=O) groups is 1. The van der Waals surface area contributed by atoms with Crippen molar-refractivity contribution in [2.75, 3.05) is 36.4 Å². The summed E-state index contributed by atoms with van der Waals surface area (Å²) in [5.41, 5.74) is 3.22. The van der Waals surface area contributed by atoms with E-state index in [1.54, 1.807) is 25.4 Å². The van der Waals surface area contributed by atoms with Gasteiger partial charge in [-0.25, -0.2) is 9.37 Å². The first-order chi connectivity index (χ1) is 17.5. The molecule has 2 aromatic carbocycles. The van der Waals surface area contributed by atoms with Crippen molar-refractivity contribution in [1.29, 1.82) is 0 Å². The number of hydrogen-bond acceptors (Lipinski definition) is 6. The maximum Gasteiger partial charge on any atom is 0.229 e. The minimum absolute atomic E-state index is 0.0766. The number of imidazole rings is 1. The van der Waals surface area contributed by atoms with Crippen molar-refractivity contribution in [1.82, 2.24) is 24.4 Å². The van der Waals surface area contributed by atoms with Crippen molar-refractivity contribution in [3.05, 3.63) is 76.8 Å². The van der Waals surface area contributed by atoms with Crippen LogP contribution in [0.2, 0.25) is 5.02 Å². The van der Waals surface area contributed by atoms with Crippen LogP contribution < -0.4 is 10.2 Å². The summed E-state index contributed by atoms with van der Waals surface area (Å²) in [6.07, 6.45) is 2.58. The van der Waals surface area contributed by atoms with Gasteiger partial charge in [-0.15, -0.1) is 0 Å². The van der Waals surface area contributed by atoms with Crippen molar-refractivity contribution < 1.29 is 9.18 Å². The molecule has 5 rings (SSSR count). The number of halogens is 2. The average molecular weight is 508 g/mol. The van der Waals surface area contributed by atoms with Crippen LogP contribution in [-0.2, 0) is 17.9 Å². The zero-order chi connectivity index (χ0) is 25.1. The third-order valence-corrected chi connectivity index (χ3v) is 6.72. The molecular weight excluding hydrogens is 481 g/mol. The third-order valence-electron chi connectivity index (χ3n) is 6.35. The van der Waals surface area contributed by atoms with Crippen molar-refractivity contribution in [2.24, 2.45) is 0 Å². The van der Waals surface area contributed by atoms with Crippen molar-refractivity contribution in [2.45, 2.75) is 26.4 Å². The Hall–Kier alpha value is -3.72. The summed E-state index contributed by atoms with van der Waals surface area (Å²) in [5, 5.41) is 4.05. The first-order valence-electron chi connectivity index (χ1n) is 11.9. The van der Waals surface area contributed by atoms with Crippen molar-refractivity contribution in [3.63, 3.8) is 0 Å². The van der Waals surface area contributed by atoms with Gasteiger partial charge in [-0.3, -0.25) is 4.79 Å². The summed E-state index contributed by atoms with van der Waals surface area (Å²) >= 11 is 6.42. The number of amides is 1. The molecule has 1 aliphatic rings. The highest BCUT2D eigenvalue weighted by Gasteiger charge is 2.21. The first kappa shape index (κ1) is 24.0. The zero-order valence-electron chi connectivity index (χ0n) is 20.0. The van der Waals surface area contributed by atoms with E-state index in [0.717, 1.165) is 24.1 Å². The Kier molecular flexibility index (Phi) is 6.99. The molecule has 0 unspecified atom stereocenters. The van der Waals surface area contributed by atoms with E-state index in [1.807, 2.05) is 33.7 Å². The van der Waals surface area contributed by atoms with Gasteiger partial charge in [0.1, 0.15) is 5.82 Å². The Balaban J connectivity index is 1.50. The maximum atomic E-state index is 13.3. The normalized spacial score (nSPS) is 14.2. The fourth-order valence-electron chi connectivity index (χ4n) is 4.34. The van der Waals surface area contributed by atoms with Crippen LogP contribution in [0.1, 0.15) is 24.5 Å². The Morgan fingerprint density at radius 2 is 1.86 bits per heavy atom. The van der Waals surface area contributed by atoms with Gasteiger partial charge in [0.25, 0.3) is 0 Å². The van der Waals surface area contributed by atoms with Crippen LogP contribution in [0.3, 0.4) is 0 Å². The lowest BCUT2D eigenvalue weighted by Crippen LogP contribution is -2.34. The van der Waals surface area contributed by atoms with Crippen LogP contribution in [0.25, 0.3) is 11.2 Å². The SMILES string of the molecule is CC(=O)N1CCCN(c2nc(NCc3ccc(F)cc3)c3ncn(Cc4ccccc4Cl)c3n2)CC1. The molecule has 1 aliphatic heterocycles. The first-order valence-corrected chi connectivity index (χ1v) is 12.3. The maximum absolute atomic E-state index is 13.3. The number of hydrogen-bond donors (Lipinski definition) is 1. The minimum atomic E-state index is -0.274. The average Bonchev–Trinajstić information content (AvgIpc) is 3.10. The highest BCUT2D eigenvalue weighted by molar-refractivity contribution is 6.31. The number of anilines is 2. The second-order valence-electron chi connectivity index (χ2n) is 8.83. The second-order valence-corrected chi connectivity index (χ2v) is 9.24. The number of nitrogens with one attached hydrogen (secondary N) is 1. The van der Waals surface area contributed by atoms with E-state index in [4.69, 9.17) is 21.6 Å². The fraction of sp³-hybridized carbons (Fsp3) is 0.308. The van der Waals surface area contributed by atoms with Gasteiger partial charge < -0.3 is 19.7 Å². The molecule has 0 atom stereocenters. The summed E-state index contributed by atoms with van der Waals surface area (Å²) < 4.78 is 15.3. The molecule has 1 saturated heterocycles. The van der Waals surface area contributed by atoms with Gasteiger partial charge >= 0.3 is 0 Å². The largest absolute Gasteiger partial charge is 0.364 e. The number of fused-ring (bicyclic) bond motifs is 1. The van der Waals surface area contributed by atoms with Crippen LogP contribution in [-0.4, -0.2) is 56.5 Å². The van der Waals surface area contributed by atoms with Crippen LogP contribution in [0, 0.1) is 5.82 Å². The number of carbonyl (C=O) groups excluding carboxylic acids is 1. The fourth-order valence-corrected chi connectivity index (χ4v) is 4.54. The number of aromatic nitrogens is 4. The molecule has 10 heteroatoms. The summed E-state index contributed by atoms with van der Waals surface area (Å²) in [6.45, 7) is 5.29. The Morgan fingerprint density at radius 3 is 2.64 bits per heavy atom. The third kappa shape index (κ3) is 5.26. The number of benzene rings is 2. The molecule has 0 radical (unpaired) electrons. The molecule has 8 nitrogen and oxygen atoms in total. The molecule has 0 spiro atoms. The molecule has 1 amide bonds. The van der Waals surface area contributed by atoms with E-state index in [0.29, 0.717) is 60.7 Å². The standard InChI is InChI=1S/C26H27ClFN7O/c1-18(36)33-11-4-12-34(14-13-33)26-31-24(29-15-19-7-9-21(28)10-8-19)23-25(32-26)35(17-30-23)16-20-5-2-3-6-22(20)27/h2-3,5-10,17H,4,11-16H2,1H3,(H,29,31,32). The molecule has 2 aromatic heterocycles. The van der Waals surface area contributed by atoms with Crippen molar-refractivity contribution in [3.8, 4) is 0 Å². The molecular formula is C26H27ClFN7O. The van der Waals surface area contributed by atoms with E-state index >= 15 is 0 Å². The van der Waals surface area contributed by atoms with E-state index in [1.165, 1.54) is 12.1 Å². The van der Waals surface area contributed by atoms with E-state index < -0.39 is 0 Å². The minimum Gasteiger partial charge on any atom is -0.364 e. The molecule has 1 fully saturated rings. The summed E-state index contributed by atoms with van der Waals surface area (Å²) in [4.78, 5) is 30.2. The Morgan fingerprint density at radius 1 is 1.06 bits per heavy atom. The Bertz CT molecular complexity index is 1370. The summed E-state index contributed by atoms with van der Waals surface area (Å²) in [5.74, 6) is 0.984. The molecule has 186 valence electrons. The highest BCUT2D eigenvalue weighted by Crippen LogP contribution is 2.26. The monoisotopic (exact) mass is 507 g/mol. The van der Waals surface area contributed by atoms with Gasteiger partial charge in [0.2, 0.25) is 11.9 Å². The highest BCUT2D eigenvalue weighted by atomic mass is 35.5. The Labute approximate surface area is 213 Å². The lowest BCUT2D eigenvalue weighted by molar-refractivity contribution is -0.128. The molecule has 0 bridgehead atoms. The van der Waals surface area contributed by atoms with E-state index in [9.17, 15) is 9.18 Å². The molecule has 36 heavy (non-hydrogen) atoms. The van der Waals surface area contributed by atoms with E-state index in [2.05, 4.69) is 15.2 Å². The predicted octanol–water partition coefficient (Wildman–Crippen LogP) is 4.34. The van der Waals surface area contributed by atoms with Gasteiger partial charge in [-0.2, -0.15) is 9.97 Å².